The number of aliphatic hydroxyl groups is 1. The van der Waals surface area contributed by atoms with Gasteiger partial charge < -0.3 is 9.67 Å². The van der Waals surface area contributed by atoms with Crippen LogP contribution in [0.4, 0.5) is 0 Å². The van der Waals surface area contributed by atoms with Crippen molar-refractivity contribution in [2.75, 3.05) is 7.05 Å². The van der Waals surface area contributed by atoms with Crippen molar-refractivity contribution in [2.24, 2.45) is 14.1 Å². The summed E-state index contributed by atoms with van der Waals surface area (Å²) in [5.74, 6) is 0.963. The van der Waals surface area contributed by atoms with Crippen LogP contribution in [0.15, 0.2) is 6.20 Å². The number of nitrogens with zero attached hydrogens (tertiary/aromatic N) is 6. The molecule has 2 rings (SSSR count). The van der Waals surface area contributed by atoms with Crippen molar-refractivity contribution < 1.29 is 5.11 Å². The highest BCUT2D eigenvalue weighted by atomic mass is 32.1. The van der Waals surface area contributed by atoms with Gasteiger partial charge in [0.05, 0.1) is 12.4 Å². The van der Waals surface area contributed by atoms with Crippen molar-refractivity contribution >= 4 is 12.2 Å². The van der Waals surface area contributed by atoms with Crippen LogP contribution in [0, 0.1) is 4.77 Å². The number of rotatable bonds is 6. The molecule has 2 heterocycles. The van der Waals surface area contributed by atoms with Crippen molar-refractivity contribution in [1.29, 1.82) is 0 Å². The highest BCUT2D eigenvalue weighted by Gasteiger charge is 2.14. The largest absolute Gasteiger partial charge is 0.388 e. The maximum absolute atomic E-state index is 9.26. The lowest BCUT2D eigenvalue weighted by Gasteiger charge is -2.16. The van der Waals surface area contributed by atoms with E-state index in [1.165, 1.54) is 5.56 Å². The molecule has 0 saturated heterocycles. The topological polar surface area (TPSA) is 64.0 Å². The van der Waals surface area contributed by atoms with Gasteiger partial charge in [-0.1, -0.05) is 13.8 Å². The Morgan fingerprint density at radius 1 is 1.32 bits per heavy atom. The third-order valence-corrected chi connectivity index (χ3v) is 4.06. The van der Waals surface area contributed by atoms with Crippen LogP contribution < -0.4 is 0 Å². The molecule has 0 radical (unpaired) electrons. The van der Waals surface area contributed by atoms with Crippen LogP contribution in [0.2, 0.25) is 0 Å². The van der Waals surface area contributed by atoms with Crippen LogP contribution >= 0.6 is 12.2 Å². The fourth-order valence-electron chi connectivity index (χ4n) is 2.49. The third kappa shape index (κ3) is 3.45. The maximum Gasteiger partial charge on any atom is 0.198 e. The second-order valence-electron chi connectivity index (χ2n) is 5.94. The van der Waals surface area contributed by atoms with Crippen molar-refractivity contribution in [3.63, 3.8) is 0 Å². The van der Waals surface area contributed by atoms with Gasteiger partial charge in [0.15, 0.2) is 10.6 Å². The summed E-state index contributed by atoms with van der Waals surface area (Å²) in [6, 6.07) is 0. The Labute approximate surface area is 135 Å². The molecular formula is C14H24N6OS. The number of aromatic nitrogens is 5. The molecule has 0 aliphatic heterocycles. The molecule has 8 heteroatoms. The van der Waals surface area contributed by atoms with Crippen molar-refractivity contribution in [1.82, 2.24) is 29.0 Å². The van der Waals surface area contributed by atoms with E-state index in [4.69, 9.17) is 12.2 Å². The first-order valence-corrected chi connectivity index (χ1v) is 7.68. The van der Waals surface area contributed by atoms with Crippen LogP contribution in [0.1, 0.15) is 36.8 Å². The van der Waals surface area contributed by atoms with Crippen LogP contribution in [-0.2, 0) is 33.9 Å². The van der Waals surface area contributed by atoms with Gasteiger partial charge in [-0.25, -0.2) is 4.68 Å². The average molecular weight is 324 g/mol. The Morgan fingerprint density at radius 3 is 2.55 bits per heavy atom. The molecule has 0 bridgehead atoms. The van der Waals surface area contributed by atoms with Crippen LogP contribution in [0.5, 0.6) is 0 Å². The smallest absolute Gasteiger partial charge is 0.198 e. The SMILES string of the molecule is CC(C)c1nn(C)cc1CN(C)Cn1nc(CO)n(C)c1=S. The van der Waals surface area contributed by atoms with E-state index >= 15 is 0 Å². The molecule has 0 fully saturated rings. The Hall–Kier alpha value is -1.51. The van der Waals surface area contributed by atoms with E-state index in [1.807, 2.05) is 25.8 Å². The summed E-state index contributed by atoms with van der Waals surface area (Å²) in [6.07, 6.45) is 2.06. The summed E-state index contributed by atoms with van der Waals surface area (Å²) < 4.78 is 5.92. The van der Waals surface area contributed by atoms with E-state index in [0.717, 1.165) is 12.2 Å². The summed E-state index contributed by atoms with van der Waals surface area (Å²) >= 11 is 5.34. The van der Waals surface area contributed by atoms with E-state index in [2.05, 4.69) is 35.1 Å². The number of aryl methyl sites for hydroxylation is 1. The molecule has 2 aromatic rings. The minimum Gasteiger partial charge on any atom is -0.388 e. The molecule has 7 nitrogen and oxygen atoms in total. The zero-order chi connectivity index (χ0) is 16.4. The molecule has 0 spiro atoms. The Balaban J connectivity index is 2.14. The highest BCUT2D eigenvalue weighted by Crippen LogP contribution is 2.18. The number of hydrogen-bond acceptors (Lipinski definition) is 5. The molecule has 0 aliphatic rings. The quantitative estimate of drug-likeness (QED) is 0.814. The minimum absolute atomic E-state index is 0.114. The van der Waals surface area contributed by atoms with E-state index in [1.54, 1.807) is 9.25 Å². The summed E-state index contributed by atoms with van der Waals surface area (Å²) in [4.78, 5) is 2.13. The first-order chi connectivity index (χ1) is 10.3. The van der Waals surface area contributed by atoms with Gasteiger partial charge in [0, 0.05) is 32.4 Å². The molecule has 0 atom stereocenters. The molecule has 0 saturated carbocycles. The molecule has 22 heavy (non-hydrogen) atoms. The lowest BCUT2D eigenvalue weighted by atomic mass is 10.1. The second kappa shape index (κ2) is 6.72. The molecule has 2 aromatic heterocycles. The summed E-state index contributed by atoms with van der Waals surface area (Å²) in [5.41, 5.74) is 2.33. The van der Waals surface area contributed by atoms with Crippen molar-refractivity contribution in [3.8, 4) is 0 Å². The second-order valence-corrected chi connectivity index (χ2v) is 6.30. The van der Waals surface area contributed by atoms with Gasteiger partial charge in [0.1, 0.15) is 6.61 Å². The molecular weight excluding hydrogens is 300 g/mol. The van der Waals surface area contributed by atoms with Gasteiger partial charge >= 0.3 is 0 Å². The molecule has 1 N–H and O–H groups in total. The van der Waals surface area contributed by atoms with Gasteiger partial charge in [0.25, 0.3) is 0 Å². The lowest BCUT2D eigenvalue weighted by molar-refractivity contribution is 0.237. The standard InChI is InChI=1S/C14H24N6OS/c1-10(2)13-11(7-18(4)16-13)6-17(3)9-20-14(22)19(5)12(8-21)15-20/h7,10,21H,6,8-9H2,1-5H3. The fraction of sp³-hybridized carbons (Fsp3) is 0.643. The number of hydrogen-bond donors (Lipinski definition) is 1. The van der Waals surface area contributed by atoms with E-state index in [-0.39, 0.29) is 6.61 Å². The van der Waals surface area contributed by atoms with E-state index in [9.17, 15) is 5.11 Å². The molecule has 0 unspecified atom stereocenters. The summed E-state index contributed by atoms with van der Waals surface area (Å²) in [5, 5.41) is 18.1. The normalized spacial score (nSPS) is 11.8. The first-order valence-electron chi connectivity index (χ1n) is 7.28. The van der Waals surface area contributed by atoms with Gasteiger partial charge in [0.2, 0.25) is 0 Å². The zero-order valence-electron chi connectivity index (χ0n) is 13.8. The van der Waals surface area contributed by atoms with Crippen LogP contribution in [0.25, 0.3) is 0 Å². The van der Waals surface area contributed by atoms with Gasteiger partial charge in [-0.15, -0.1) is 0 Å². The first kappa shape index (κ1) is 16.9. The average Bonchev–Trinajstić information content (AvgIpc) is 2.93. The van der Waals surface area contributed by atoms with Gasteiger partial charge in [-0.3, -0.25) is 9.58 Å². The predicted octanol–water partition coefficient (Wildman–Crippen LogP) is 1.39. The summed E-state index contributed by atoms with van der Waals surface area (Å²) in [6.45, 7) is 5.52. The Bertz CT molecular complexity index is 699. The van der Waals surface area contributed by atoms with Crippen LogP contribution in [0.3, 0.4) is 0 Å². The van der Waals surface area contributed by atoms with E-state index in [0.29, 0.717) is 23.2 Å². The minimum atomic E-state index is -0.114. The lowest BCUT2D eigenvalue weighted by Crippen LogP contribution is -2.23. The Morgan fingerprint density at radius 2 is 2.00 bits per heavy atom. The van der Waals surface area contributed by atoms with Gasteiger partial charge in [-0.05, 0) is 25.2 Å². The molecule has 122 valence electrons. The Kier molecular flexibility index (Phi) is 5.15. The monoisotopic (exact) mass is 324 g/mol. The fourth-order valence-corrected chi connectivity index (χ4v) is 2.70. The van der Waals surface area contributed by atoms with Crippen molar-refractivity contribution in [2.45, 2.75) is 39.6 Å². The predicted molar refractivity (Wildman–Crippen MR) is 86.7 cm³/mol. The third-order valence-electron chi connectivity index (χ3n) is 3.57. The molecule has 0 aromatic carbocycles. The maximum atomic E-state index is 9.26. The molecule has 0 amide bonds. The zero-order valence-corrected chi connectivity index (χ0v) is 14.6. The molecule has 0 aliphatic carbocycles. The van der Waals surface area contributed by atoms with Gasteiger partial charge in [-0.2, -0.15) is 10.2 Å². The number of aliphatic hydroxyl groups excluding tert-OH is 1. The van der Waals surface area contributed by atoms with Crippen LogP contribution in [-0.4, -0.2) is 41.2 Å². The van der Waals surface area contributed by atoms with Crippen molar-refractivity contribution in [3.05, 3.63) is 28.0 Å². The highest BCUT2D eigenvalue weighted by molar-refractivity contribution is 7.71. The van der Waals surface area contributed by atoms with E-state index < -0.39 is 0 Å². The summed E-state index contributed by atoms with van der Waals surface area (Å²) in [7, 11) is 5.78.